The summed E-state index contributed by atoms with van der Waals surface area (Å²) < 4.78 is 5.60. The molecule has 6 rings (SSSR count). The van der Waals surface area contributed by atoms with Crippen molar-refractivity contribution in [3.05, 3.63) is 82.2 Å². The van der Waals surface area contributed by atoms with Gasteiger partial charge in [0.25, 0.3) is 11.5 Å². The highest BCUT2D eigenvalue weighted by molar-refractivity contribution is 6.08. The van der Waals surface area contributed by atoms with Crippen LogP contribution in [0.1, 0.15) is 34.6 Å². The minimum Gasteiger partial charge on any atom is -0.474 e. The van der Waals surface area contributed by atoms with Gasteiger partial charge < -0.3 is 30.6 Å². The van der Waals surface area contributed by atoms with Crippen molar-refractivity contribution >= 4 is 34.3 Å². The maximum Gasteiger partial charge on any atom is 0.263 e. The van der Waals surface area contributed by atoms with Crippen LogP contribution in [0.3, 0.4) is 0 Å². The number of H-pyrrole nitrogens is 2. The third kappa shape index (κ3) is 5.46. The second-order valence-corrected chi connectivity index (χ2v) is 10.2. The van der Waals surface area contributed by atoms with E-state index >= 15 is 0 Å². The normalized spacial score (nSPS) is 15.8. The lowest BCUT2D eigenvalue weighted by Gasteiger charge is -2.38. The number of aromatic nitrogens is 4. The van der Waals surface area contributed by atoms with Crippen molar-refractivity contribution in [1.82, 2.24) is 25.1 Å². The lowest BCUT2D eigenvalue weighted by molar-refractivity contribution is 0.102. The molecule has 0 aliphatic carbocycles. The summed E-state index contributed by atoms with van der Waals surface area (Å²) in [5.41, 5.74) is 5.04. The predicted molar refractivity (Wildman–Crippen MR) is 158 cm³/mol. The molecule has 12 nitrogen and oxygen atoms in total. The molecule has 1 aromatic carbocycles. The fourth-order valence-corrected chi connectivity index (χ4v) is 5.31. The minimum absolute atomic E-state index is 0.0135. The minimum atomic E-state index is -0.506. The van der Waals surface area contributed by atoms with Crippen LogP contribution in [0.5, 0.6) is 5.88 Å². The van der Waals surface area contributed by atoms with Crippen LogP contribution in [0.25, 0.3) is 0 Å². The first-order valence-corrected chi connectivity index (χ1v) is 13.7. The zero-order valence-electron chi connectivity index (χ0n) is 23.0. The fourth-order valence-electron chi connectivity index (χ4n) is 5.31. The summed E-state index contributed by atoms with van der Waals surface area (Å²) in [6, 6.07) is 11.7. The average Bonchev–Trinajstić information content (AvgIpc) is 3.54. The number of carbonyl (C=O) groups is 1. The molecule has 2 aliphatic heterocycles. The number of anilines is 5. The van der Waals surface area contributed by atoms with Gasteiger partial charge in [0.15, 0.2) is 0 Å². The molecule has 41 heavy (non-hydrogen) atoms. The van der Waals surface area contributed by atoms with E-state index in [1.807, 2.05) is 37.3 Å². The number of ether oxygens (including phenoxy) is 1. The van der Waals surface area contributed by atoms with Gasteiger partial charge in [-0.25, -0.2) is 4.98 Å². The van der Waals surface area contributed by atoms with Gasteiger partial charge in [-0.1, -0.05) is 0 Å². The van der Waals surface area contributed by atoms with E-state index in [-0.39, 0.29) is 11.6 Å². The summed E-state index contributed by atoms with van der Waals surface area (Å²) in [4.78, 5) is 37.8. The zero-order valence-corrected chi connectivity index (χ0v) is 23.0. The molecule has 1 fully saturated rings. The van der Waals surface area contributed by atoms with Crippen LogP contribution in [0.15, 0.2) is 59.8 Å². The molecule has 3 aromatic heterocycles. The van der Waals surface area contributed by atoms with E-state index < -0.39 is 11.5 Å². The zero-order chi connectivity index (χ0) is 28.3. The molecule has 212 valence electrons. The smallest absolute Gasteiger partial charge is 0.263 e. The van der Waals surface area contributed by atoms with E-state index in [0.717, 1.165) is 48.8 Å². The van der Waals surface area contributed by atoms with E-state index in [9.17, 15) is 9.59 Å². The predicted octanol–water partition coefficient (Wildman–Crippen LogP) is 3.48. The summed E-state index contributed by atoms with van der Waals surface area (Å²) >= 11 is 0. The number of nitrogens with one attached hydrogen (secondary N) is 5. The maximum atomic E-state index is 13.3. The van der Waals surface area contributed by atoms with Gasteiger partial charge in [0.2, 0.25) is 5.88 Å². The Labute approximate surface area is 237 Å². The number of nitrogens with zero attached hydrogens (tertiary/aromatic N) is 4. The Bertz CT molecular complexity index is 1580. The highest BCUT2D eigenvalue weighted by Gasteiger charge is 2.24. The van der Waals surface area contributed by atoms with Crippen molar-refractivity contribution in [2.75, 3.05) is 60.2 Å². The number of aromatic amines is 2. The van der Waals surface area contributed by atoms with E-state index in [0.29, 0.717) is 36.1 Å². The van der Waals surface area contributed by atoms with Gasteiger partial charge in [-0.05, 0) is 50.2 Å². The van der Waals surface area contributed by atoms with Crippen molar-refractivity contribution in [3.63, 3.8) is 0 Å². The van der Waals surface area contributed by atoms with Gasteiger partial charge in [0, 0.05) is 68.1 Å². The summed E-state index contributed by atoms with van der Waals surface area (Å²) in [6.07, 6.45) is 4.93. The van der Waals surface area contributed by atoms with Crippen LogP contribution in [0.2, 0.25) is 0 Å². The van der Waals surface area contributed by atoms with Crippen LogP contribution < -0.4 is 31.1 Å². The van der Waals surface area contributed by atoms with E-state index in [2.05, 4.69) is 52.8 Å². The third-order valence-electron chi connectivity index (χ3n) is 7.73. The second kappa shape index (κ2) is 11.3. The van der Waals surface area contributed by atoms with Crippen molar-refractivity contribution in [1.29, 1.82) is 0 Å². The summed E-state index contributed by atoms with van der Waals surface area (Å²) in [7, 11) is 0. The van der Waals surface area contributed by atoms with E-state index in [4.69, 9.17) is 4.74 Å². The molecular formula is C29H33N9O3. The summed E-state index contributed by atoms with van der Waals surface area (Å²) in [6.45, 7) is 9.02. The van der Waals surface area contributed by atoms with Crippen LogP contribution >= 0.6 is 0 Å². The molecular weight excluding hydrogens is 522 g/mol. The Hall–Kier alpha value is -4.84. The van der Waals surface area contributed by atoms with Gasteiger partial charge in [-0.3, -0.25) is 19.6 Å². The largest absolute Gasteiger partial charge is 0.474 e. The molecule has 0 bridgehead atoms. The van der Waals surface area contributed by atoms with Crippen LogP contribution in [-0.4, -0.2) is 70.3 Å². The van der Waals surface area contributed by atoms with Gasteiger partial charge in [-0.15, -0.1) is 0 Å². The molecule has 4 aromatic rings. The van der Waals surface area contributed by atoms with Crippen molar-refractivity contribution < 1.29 is 9.53 Å². The Morgan fingerprint density at radius 3 is 2.63 bits per heavy atom. The first-order valence-electron chi connectivity index (χ1n) is 13.7. The lowest BCUT2D eigenvalue weighted by Crippen LogP contribution is -2.47. The van der Waals surface area contributed by atoms with E-state index in [1.165, 1.54) is 6.20 Å². The lowest BCUT2D eigenvalue weighted by atomic mass is 10.1. The first-order chi connectivity index (χ1) is 20.0. The topological polar surface area (TPSA) is 143 Å². The van der Waals surface area contributed by atoms with Crippen LogP contribution in [-0.2, 0) is 0 Å². The highest BCUT2D eigenvalue weighted by atomic mass is 16.5. The second-order valence-electron chi connectivity index (χ2n) is 10.2. The van der Waals surface area contributed by atoms with Crippen molar-refractivity contribution in [2.45, 2.75) is 19.9 Å². The molecule has 0 radical (unpaired) electrons. The maximum absolute atomic E-state index is 13.3. The quantitative estimate of drug-likeness (QED) is 0.232. The number of carbonyl (C=O) groups excluding carboxylic acids is 1. The number of rotatable bonds is 7. The summed E-state index contributed by atoms with van der Waals surface area (Å²) in [5.74, 6) is 0.0331. The Morgan fingerprint density at radius 1 is 1.07 bits per heavy atom. The molecule has 1 atom stereocenters. The number of pyridine rings is 2. The van der Waals surface area contributed by atoms with Crippen LogP contribution in [0, 0.1) is 6.92 Å². The molecule has 1 saturated heterocycles. The van der Waals surface area contributed by atoms with Crippen molar-refractivity contribution in [3.8, 4) is 5.88 Å². The molecule has 5 N–H and O–H groups in total. The summed E-state index contributed by atoms with van der Waals surface area (Å²) in [5, 5.41) is 16.5. The van der Waals surface area contributed by atoms with Crippen LogP contribution in [0.4, 0.5) is 28.4 Å². The molecule has 1 amide bonds. The molecule has 5 heterocycles. The average molecular weight is 556 g/mol. The number of hydrogen-bond donors (Lipinski definition) is 5. The fraction of sp³-hybridized carbons (Fsp3) is 0.310. The number of hydrogen-bond acceptors (Lipinski definition) is 9. The standard InChI is InChI=1S/C29H33N9O3/c1-18-24(17-32-29-26(18)30-11-16-41-29)35-23-7-9-31-27(39)25(23)28(40)34-20-3-5-21(6-4-20)38-14-12-37(13-15-38)19(2)22-8-10-33-36-22/h3-10,17,19,30H,11-16H2,1-2H3,(H,33,36)(H,34,40)(H2,31,35,39). The molecule has 0 spiro atoms. The first kappa shape index (κ1) is 26.4. The molecule has 0 saturated carbocycles. The number of piperazine rings is 1. The van der Waals surface area contributed by atoms with Gasteiger partial charge in [0.05, 0.1) is 23.3 Å². The van der Waals surface area contributed by atoms with Crippen molar-refractivity contribution in [2.24, 2.45) is 0 Å². The molecule has 12 heteroatoms. The number of fused-ring (bicyclic) bond motifs is 1. The number of amides is 1. The number of benzene rings is 1. The van der Waals surface area contributed by atoms with Gasteiger partial charge in [-0.2, -0.15) is 5.10 Å². The molecule has 2 aliphatic rings. The highest BCUT2D eigenvalue weighted by Crippen LogP contribution is 2.34. The Morgan fingerprint density at radius 2 is 1.88 bits per heavy atom. The Balaban J connectivity index is 1.12. The van der Waals surface area contributed by atoms with E-state index in [1.54, 1.807) is 18.5 Å². The SMILES string of the molecule is Cc1c(Nc2cc[nH]c(=O)c2C(=O)Nc2ccc(N3CCN(C(C)c4ccn[nH]4)CC3)cc2)cnc2c1NCCO2. The monoisotopic (exact) mass is 555 g/mol. The third-order valence-corrected chi connectivity index (χ3v) is 7.73. The van der Waals surface area contributed by atoms with Gasteiger partial charge >= 0.3 is 0 Å². The Kier molecular flexibility index (Phi) is 7.30. The molecule has 1 unspecified atom stereocenters. The van der Waals surface area contributed by atoms with Gasteiger partial charge in [0.1, 0.15) is 17.9 Å².